The van der Waals surface area contributed by atoms with Crippen molar-refractivity contribution in [2.75, 3.05) is 4.72 Å². The van der Waals surface area contributed by atoms with Crippen LogP contribution in [0.3, 0.4) is 0 Å². The van der Waals surface area contributed by atoms with E-state index in [1.165, 1.54) is 6.20 Å². The zero-order valence-corrected chi connectivity index (χ0v) is 12.5. The average molecular weight is 318 g/mol. The number of sulfonamides is 1. The number of hydrogen-bond acceptors (Lipinski definition) is 5. The zero-order valence-electron chi connectivity index (χ0n) is 10.9. The third-order valence-electron chi connectivity index (χ3n) is 2.94. The van der Waals surface area contributed by atoms with Gasteiger partial charge in [-0.2, -0.15) is 13.7 Å². The molecule has 0 fully saturated rings. The molecule has 0 atom stereocenters. The van der Waals surface area contributed by atoms with Crippen LogP contribution >= 0.6 is 11.3 Å². The predicted molar refractivity (Wildman–Crippen MR) is 80.7 cm³/mol. The summed E-state index contributed by atoms with van der Waals surface area (Å²) in [6.07, 6.45) is 3.00. The number of anilines is 1. The van der Waals surface area contributed by atoms with E-state index < -0.39 is 10.0 Å². The molecule has 21 heavy (non-hydrogen) atoms. The third-order valence-corrected chi connectivity index (χ3v) is 5.50. The monoisotopic (exact) mass is 318 g/mol. The SMILES string of the molecule is Cc1cc(NS(=O)(=O)c2nccs2)c2[nH]cc(C#N)c2c1. The van der Waals surface area contributed by atoms with Gasteiger partial charge in [0.15, 0.2) is 0 Å². The number of H-pyrrole nitrogens is 1. The molecule has 8 heteroatoms. The molecule has 0 unspecified atom stereocenters. The molecule has 0 aliphatic heterocycles. The lowest BCUT2D eigenvalue weighted by molar-refractivity contribution is 0.600. The van der Waals surface area contributed by atoms with Crippen molar-refractivity contribution in [3.8, 4) is 6.07 Å². The van der Waals surface area contributed by atoms with Crippen LogP contribution in [0.5, 0.6) is 0 Å². The van der Waals surface area contributed by atoms with E-state index >= 15 is 0 Å². The van der Waals surface area contributed by atoms with Gasteiger partial charge in [0.2, 0.25) is 4.34 Å². The number of nitrogens with zero attached hydrogens (tertiary/aromatic N) is 2. The summed E-state index contributed by atoms with van der Waals surface area (Å²) in [4.78, 5) is 6.75. The maximum Gasteiger partial charge on any atom is 0.289 e. The number of aryl methyl sites for hydroxylation is 1. The second-order valence-corrected chi connectivity index (χ2v) is 7.20. The van der Waals surface area contributed by atoms with Crippen LogP contribution in [0.2, 0.25) is 0 Å². The van der Waals surface area contributed by atoms with Crippen LogP contribution in [0.25, 0.3) is 10.9 Å². The summed E-state index contributed by atoms with van der Waals surface area (Å²) in [5.41, 5.74) is 2.32. The van der Waals surface area contributed by atoms with E-state index in [0.29, 0.717) is 22.2 Å². The van der Waals surface area contributed by atoms with Gasteiger partial charge in [0, 0.05) is 23.2 Å². The average Bonchev–Trinajstić information content (AvgIpc) is 3.07. The molecule has 0 radical (unpaired) electrons. The molecule has 2 N–H and O–H groups in total. The van der Waals surface area contributed by atoms with E-state index in [2.05, 4.69) is 20.8 Å². The van der Waals surface area contributed by atoms with Crippen LogP contribution in [0.15, 0.2) is 34.2 Å². The molecule has 2 aromatic heterocycles. The molecule has 6 nitrogen and oxygen atoms in total. The van der Waals surface area contributed by atoms with E-state index in [4.69, 9.17) is 5.26 Å². The van der Waals surface area contributed by atoms with Gasteiger partial charge < -0.3 is 4.98 Å². The highest BCUT2D eigenvalue weighted by Crippen LogP contribution is 2.29. The number of rotatable bonds is 3. The summed E-state index contributed by atoms with van der Waals surface area (Å²) in [6.45, 7) is 1.84. The van der Waals surface area contributed by atoms with Crippen molar-refractivity contribution in [2.24, 2.45) is 0 Å². The molecule has 2 heterocycles. The van der Waals surface area contributed by atoms with Crippen molar-refractivity contribution in [1.29, 1.82) is 5.26 Å². The summed E-state index contributed by atoms with van der Waals surface area (Å²) in [6, 6.07) is 5.63. The molecule has 0 spiro atoms. The minimum absolute atomic E-state index is 0.00391. The zero-order chi connectivity index (χ0) is 15.0. The van der Waals surface area contributed by atoms with Crippen molar-refractivity contribution >= 4 is 38.0 Å². The Balaban J connectivity index is 2.14. The molecule has 0 amide bonds. The quantitative estimate of drug-likeness (QED) is 0.775. The van der Waals surface area contributed by atoms with Gasteiger partial charge in [-0.1, -0.05) is 0 Å². The topological polar surface area (TPSA) is 98.6 Å². The number of nitriles is 1. The van der Waals surface area contributed by atoms with Crippen LogP contribution in [0.4, 0.5) is 5.69 Å². The largest absolute Gasteiger partial charge is 0.358 e. The highest BCUT2D eigenvalue weighted by Gasteiger charge is 2.19. The first kappa shape index (κ1) is 13.6. The van der Waals surface area contributed by atoms with E-state index in [-0.39, 0.29) is 4.34 Å². The Morgan fingerprint density at radius 1 is 1.43 bits per heavy atom. The van der Waals surface area contributed by atoms with Gasteiger partial charge in [0.05, 0.1) is 16.8 Å². The standard InChI is InChI=1S/C13H10N4O2S2/c1-8-4-10-9(6-14)7-16-12(10)11(5-8)17-21(18,19)13-15-2-3-20-13/h2-5,7,16-17H,1H3. The van der Waals surface area contributed by atoms with E-state index in [9.17, 15) is 8.42 Å². The Morgan fingerprint density at radius 2 is 2.24 bits per heavy atom. The van der Waals surface area contributed by atoms with Crippen LogP contribution in [-0.4, -0.2) is 18.4 Å². The van der Waals surface area contributed by atoms with E-state index in [1.54, 1.807) is 17.6 Å². The number of aromatic nitrogens is 2. The number of fused-ring (bicyclic) bond motifs is 1. The molecular weight excluding hydrogens is 308 g/mol. The van der Waals surface area contributed by atoms with Gasteiger partial charge in [-0.25, -0.2) is 4.98 Å². The second kappa shape index (κ2) is 4.87. The van der Waals surface area contributed by atoms with Gasteiger partial charge in [0.25, 0.3) is 10.0 Å². The van der Waals surface area contributed by atoms with E-state index in [1.807, 2.05) is 13.0 Å². The van der Waals surface area contributed by atoms with Crippen molar-refractivity contribution < 1.29 is 8.42 Å². The molecule has 0 aliphatic rings. The lowest BCUT2D eigenvalue weighted by atomic mass is 10.1. The summed E-state index contributed by atoms with van der Waals surface area (Å²) in [5.74, 6) is 0. The number of aromatic amines is 1. The minimum Gasteiger partial charge on any atom is -0.358 e. The minimum atomic E-state index is -3.72. The molecule has 1 aromatic carbocycles. The Bertz CT molecular complexity index is 950. The Labute approximate surface area is 125 Å². The van der Waals surface area contributed by atoms with Crippen molar-refractivity contribution in [3.63, 3.8) is 0 Å². The summed E-state index contributed by atoms with van der Waals surface area (Å²) >= 11 is 1.04. The van der Waals surface area contributed by atoms with E-state index in [0.717, 1.165) is 16.9 Å². The second-order valence-electron chi connectivity index (χ2n) is 4.45. The molecule has 0 saturated heterocycles. The fourth-order valence-corrected chi connectivity index (χ4v) is 3.98. The highest BCUT2D eigenvalue weighted by molar-refractivity contribution is 7.94. The number of hydrogen-bond donors (Lipinski definition) is 2. The van der Waals surface area contributed by atoms with Crippen molar-refractivity contribution in [1.82, 2.24) is 9.97 Å². The van der Waals surface area contributed by atoms with Crippen LogP contribution in [0, 0.1) is 18.3 Å². The van der Waals surface area contributed by atoms with Gasteiger partial charge in [0.1, 0.15) is 6.07 Å². The first-order valence-electron chi connectivity index (χ1n) is 5.95. The lowest BCUT2D eigenvalue weighted by Gasteiger charge is -2.08. The van der Waals surface area contributed by atoms with Crippen LogP contribution in [-0.2, 0) is 10.0 Å². The molecule has 0 aliphatic carbocycles. The van der Waals surface area contributed by atoms with Crippen molar-refractivity contribution in [3.05, 3.63) is 41.0 Å². The fraction of sp³-hybridized carbons (Fsp3) is 0.0769. The Hall–Kier alpha value is -2.37. The predicted octanol–water partition coefficient (Wildman–Crippen LogP) is 2.61. The van der Waals surface area contributed by atoms with Gasteiger partial charge in [-0.3, -0.25) is 4.72 Å². The highest BCUT2D eigenvalue weighted by atomic mass is 32.2. The Morgan fingerprint density at radius 3 is 2.90 bits per heavy atom. The smallest absolute Gasteiger partial charge is 0.289 e. The molecular formula is C13H10N4O2S2. The summed E-state index contributed by atoms with van der Waals surface area (Å²) in [7, 11) is -3.72. The normalized spacial score (nSPS) is 11.4. The van der Waals surface area contributed by atoms with Crippen LogP contribution in [0.1, 0.15) is 11.1 Å². The fourth-order valence-electron chi connectivity index (χ4n) is 2.08. The molecule has 3 aromatic rings. The van der Waals surface area contributed by atoms with Gasteiger partial charge in [-0.05, 0) is 24.6 Å². The maximum absolute atomic E-state index is 12.3. The first-order valence-corrected chi connectivity index (χ1v) is 8.32. The molecule has 106 valence electrons. The first-order chi connectivity index (χ1) is 10.0. The molecule has 0 saturated carbocycles. The summed E-state index contributed by atoms with van der Waals surface area (Å²) in [5, 5.41) is 11.4. The number of thiazole rings is 1. The number of nitrogens with one attached hydrogen (secondary N) is 2. The van der Waals surface area contributed by atoms with Crippen LogP contribution < -0.4 is 4.72 Å². The van der Waals surface area contributed by atoms with Crippen molar-refractivity contribution in [2.45, 2.75) is 11.3 Å². The number of benzene rings is 1. The lowest BCUT2D eigenvalue weighted by Crippen LogP contribution is -2.13. The Kier molecular flexibility index (Phi) is 3.16. The third kappa shape index (κ3) is 2.37. The molecule has 3 rings (SSSR count). The van der Waals surface area contributed by atoms with Gasteiger partial charge >= 0.3 is 0 Å². The maximum atomic E-state index is 12.3. The van der Waals surface area contributed by atoms with Gasteiger partial charge in [-0.15, -0.1) is 11.3 Å². The summed E-state index contributed by atoms with van der Waals surface area (Å²) < 4.78 is 27.0. The molecule has 0 bridgehead atoms.